The first-order valence-electron chi connectivity index (χ1n) is 4.65. The van der Waals surface area contributed by atoms with Gasteiger partial charge in [0.25, 0.3) is 0 Å². The molecule has 1 saturated carbocycles. The molecule has 0 radical (unpaired) electrons. The summed E-state index contributed by atoms with van der Waals surface area (Å²) in [4.78, 5) is 11.8. The lowest BCUT2D eigenvalue weighted by atomic mass is 10.4. The summed E-state index contributed by atoms with van der Waals surface area (Å²) in [5, 5.41) is 0. The van der Waals surface area contributed by atoms with E-state index in [1.54, 1.807) is 0 Å². The van der Waals surface area contributed by atoms with Crippen LogP contribution in [0.3, 0.4) is 0 Å². The highest BCUT2D eigenvalue weighted by atomic mass is 32.2. The van der Waals surface area contributed by atoms with Crippen molar-refractivity contribution in [3.63, 3.8) is 0 Å². The van der Waals surface area contributed by atoms with Crippen molar-refractivity contribution in [3.05, 3.63) is 21.9 Å². The third-order valence-electron chi connectivity index (χ3n) is 2.91. The zero-order valence-electron chi connectivity index (χ0n) is 7.62. The summed E-state index contributed by atoms with van der Waals surface area (Å²) in [7, 11) is 1.89. The number of nitrogens with zero attached hydrogens (tertiary/aromatic N) is 2. The monoisotopic (exact) mass is 196 g/mol. The van der Waals surface area contributed by atoms with Crippen LogP contribution in [0.4, 0.5) is 0 Å². The molecule has 1 fully saturated rings. The van der Waals surface area contributed by atoms with E-state index in [1.165, 1.54) is 24.2 Å². The molecule has 1 aromatic heterocycles. The van der Waals surface area contributed by atoms with E-state index in [4.69, 9.17) is 0 Å². The lowest BCUT2D eigenvalue weighted by Gasteiger charge is -2.00. The minimum absolute atomic E-state index is 0.202. The standard InChI is InChI=1S/C9H12N2OS/c1-10-7-4-13-5-8(7)11(9(10)12)6-2-3-6/h6H,2-5H2,1H3. The molecule has 1 aromatic rings. The van der Waals surface area contributed by atoms with E-state index in [9.17, 15) is 4.79 Å². The maximum Gasteiger partial charge on any atom is 0.328 e. The fourth-order valence-corrected chi connectivity index (χ4v) is 3.17. The van der Waals surface area contributed by atoms with Gasteiger partial charge in [0.1, 0.15) is 0 Å². The van der Waals surface area contributed by atoms with Crippen molar-refractivity contribution in [1.82, 2.24) is 9.13 Å². The van der Waals surface area contributed by atoms with Crippen LogP contribution in [0.5, 0.6) is 0 Å². The van der Waals surface area contributed by atoms with Crippen LogP contribution in [0, 0.1) is 0 Å². The topological polar surface area (TPSA) is 26.9 Å². The molecule has 0 atom stereocenters. The smallest absolute Gasteiger partial charge is 0.298 e. The predicted octanol–water partition coefficient (Wildman–Crippen LogP) is 1.27. The maximum absolute atomic E-state index is 11.8. The first-order chi connectivity index (χ1) is 6.29. The highest BCUT2D eigenvalue weighted by Crippen LogP contribution is 2.39. The van der Waals surface area contributed by atoms with E-state index in [0.717, 1.165) is 11.5 Å². The lowest BCUT2D eigenvalue weighted by molar-refractivity contribution is 0.661. The normalized spacial score (nSPS) is 20.7. The summed E-state index contributed by atoms with van der Waals surface area (Å²) in [6, 6.07) is 0.529. The highest BCUT2D eigenvalue weighted by Gasteiger charge is 2.32. The number of hydrogen-bond acceptors (Lipinski definition) is 2. The largest absolute Gasteiger partial charge is 0.328 e. The number of fused-ring (bicyclic) bond motifs is 1. The van der Waals surface area contributed by atoms with E-state index in [-0.39, 0.29) is 5.69 Å². The number of rotatable bonds is 1. The molecule has 0 saturated heterocycles. The Morgan fingerprint density at radius 3 is 2.69 bits per heavy atom. The molecular weight excluding hydrogens is 184 g/mol. The Kier molecular flexibility index (Phi) is 1.45. The molecule has 0 spiro atoms. The molecule has 1 aliphatic carbocycles. The average Bonchev–Trinajstić information content (AvgIpc) is 2.77. The summed E-state index contributed by atoms with van der Waals surface area (Å²) >= 11 is 1.91. The van der Waals surface area contributed by atoms with Crippen LogP contribution in [-0.2, 0) is 18.6 Å². The van der Waals surface area contributed by atoms with Gasteiger partial charge in [-0.2, -0.15) is 0 Å². The Labute approximate surface area is 80.7 Å². The molecule has 1 aliphatic heterocycles. The van der Waals surface area contributed by atoms with Crippen LogP contribution >= 0.6 is 11.8 Å². The van der Waals surface area contributed by atoms with Crippen LogP contribution in [-0.4, -0.2) is 9.13 Å². The molecule has 0 amide bonds. The van der Waals surface area contributed by atoms with Gasteiger partial charge < -0.3 is 0 Å². The molecular formula is C9H12N2OS. The third kappa shape index (κ3) is 0.950. The van der Waals surface area contributed by atoms with E-state index < -0.39 is 0 Å². The van der Waals surface area contributed by atoms with Crippen molar-refractivity contribution in [1.29, 1.82) is 0 Å². The third-order valence-corrected chi connectivity index (χ3v) is 3.87. The number of imidazole rings is 1. The fraction of sp³-hybridized carbons (Fsp3) is 0.667. The van der Waals surface area contributed by atoms with Crippen LogP contribution in [0.25, 0.3) is 0 Å². The summed E-state index contributed by atoms with van der Waals surface area (Å²) in [6.07, 6.45) is 2.39. The van der Waals surface area contributed by atoms with E-state index >= 15 is 0 Å². The van der Waals surface area contributed by atoms with Crippen molar-refractivity contribution in [2.75, 3.05) is 0 Å². The minimum atomic E-state index is 0.202. The Balaban J connectivity index is 2.27. The first-order valence-corrected chi connectivity index (χ1v) is 5.81. The van der Waals surface area contributed by atoms with E-state index in [1.807, 2.05) is 27.9 Å². The second kappa shape index (κ2) is 2.44. The molecule has 0 bridgehead atoms. The van der Waals surface area contributed by atoms with Crippen molar-refractivity contribution in [2.45, 2.75) is 30.4 Å². The maximum atomic E-state index is 11.8. The van der Waals surface area contributed by atoms with Crippen LogP contribution in [0.1, 0.15) is 30.3 Å². The summed E-state index contributed by atoms with van der Waals surface area (Å²) < 4.78 is 3.85. The Morgan fingerprint density at radius 2 is 2.00 bits per heavy atom. The molecule has 3 nitrogen and oxygen atoms in total. The van der Waals surface area contributed by atoms with E-state index in [0.29, 0.717) is 6.04 Å². The number of thioether (sulfide) groups is 1. The van der Waals surface area contributed by atoms with Gasteiger partial charge >= 0.3 is 5.69 Å². The van der Waals surface area contributed by atoms with Crippen molar-refractivity contribution < 1.29 is 0 Å². The Morgan fingerprint density at radius 1 is 1.31 bits per heavy atom. The SMILES string of the molecule is Cn1c2c(n(C3CC3)c1=O)CSC2. The Bertz CT molecular complexity index is 414. The van der Waals surface area contributed by atoms with Crippen LogP contribution in [0.2, 0.25) is 0 Å². The molecule has 2 heterocycles. The molecule has 2 aliphatic rings. The number of aromatic nitrogens is 2. The minimum Gasteiger partial charge on any atom is -0.298 e. The second-order valence-corrected chi connectivity index (χ2v) is 4.81. The van der Waals surface area contributed by atoms with Gasteiger partial charge in [-0.05, 0) is 12.8 Å². The number of hydrogen-bond donors (Lipinski definition) is 0. The summed E-state index contributed by atoms with van der Waals surface area (Å²) in [6.45, 7) is 0. The zero-order chi connectivity index (χ0) is 9.00. The molecule has 70 valence electrons. The van der Waals surface area contributed by atoms with Gasteiger partial charge in [0.15, 0.2) is 0 Å². The second-order valence-electron chi connectivity index (χ2n) is 3.83. The van der Waals surface area contributed by atoms with Gasteiger partial charge in [-0.1, -0.05) is 0 Å². The van der Waals surface area contributed by atoms with E-state index in [2.05, 4.69) is 0 Å². The molecule has 13 heavy (non-hydrogen) atoms. The van der Waals surface area contributed by atoms with Gasteiger partial charge in [-0.3, -0.25) is 9.13 Å². The predicted molar refractivity (Wildman–Crippen MR) is 52.9 cm³/mol. The van der Waals surface area contributed by atoms with Gasteiger partial charge in [0.05, 0.1) is 11.4 Å². The van der Waals surface area contributed by atoms with Gasteiger partial charge in [0.2, 0.25) is 0 Å². The molecule has 3 rings (SSSR count). The Hall–Kier alpha value is -0.640. The van der Waals surface area contributed by atoms with Gasteiger partial charge in [0, 0.05) is 24.6 Å². The van der Waals surface area contributed by atoms with Crippen LogP contribution in [0.15, 0.2) is 4.79 Å². The molecule has 0 N–H and O–H groups in total. The zero-order valence-corrected chi connectivity index (χ0v) is 8.43. The fourth-order valence-electron chi connectivity index (χ4n) is 2.01. The van der Waals surface area contributed by atoms with Crippen molar-refractivity contribution in [2.24, 2.45) is 7.05 Å². The molecule has 0 unspecified atom stereocenters. The van der Waals surface area contributed by atoms with Gasteiger partial charge in [-0.25, -0.2) is 4.79 Å². The highest BCUT2D eigenvalue weighted by molar-refractivity contribution is 7.98. The molecule has 0 aromatic carbocycles. The quantitative estimate of drug-likeness (QED) is 0.676. The lowest BCUT2D eigenvalue weighted by Crippen LogP contribution is -2.23. The summed E-state index contributed by atoms with van der Waals surface area (Å²) in [5.74, 6) is 2.04. The van der Waals surface area contributed by atoms with Crippen molar-refractivity contribution >= 4 is 11.8 Å². The molecule has 4 heteroatoms. The average molecular weight is 196 g/mol. The summed E-state index contributed by atoms with van der Waals surface area (Å²) in [5.41, 5.74) is 2.75. The van der Waals surface area contributed by atoms with Crippen LogP contribution < -0.4 is 5.69 Å². The van der Waals surface area contributed by atoms with Gasteiger partial charge in [-0.15, -0.1) is 11.8 Å². The first kappa shape index (κ1) is 7.74. The van der Waals surface area contributed by atoms with Crippen molar-refractivity contribution in [3.8, 4) is 0 Å².